The normalized spacial score (nSPS) is 12.1. The van der Waals surface area contributed by atoms with Gasteiger partial charge >= 0.3 is 11.5 Å². The topological polar surface area (TPSA) is 102 Å². The lowest BCUT2D eigenvalue weighted by Crippen LogP contribution is -2.23. The molecule has 12 heteroatoms. The van der Waals surface area contributed by atoms with Crippen molar-refractivity contribution in [1.82, 2.24) is 10.2 Å². The van der Waals surface area contributed by atoms with Crippen molar-refractivity contribution in [1.29, 1.82) is 0 Å². The third-order valence-corrected chi connectivity index (χ3v) is 5.47. The van der Waals surface area contributed by atoms with Crippen LogP contribution in [0, 0.1) is 0 Å². The highest BCUT2D eigenvalue weighted by Gasteiger charge is 2.46. The van der Waals surface area contributed by atoms with E-state index in [0.29, 0.717) is 17.0 Å². The molecule has 2 aromatic heterocycles. The molecule has 1 amide bonds. The van der Waals surface area contributed by atoms with E-state index in [-0.39, 0.29) is 17.5 Å². The van der Waals surface area contributed by atoms with Gasteiger partial charge in [-0.1, -0.05) is 11.2 Å². The van der Waals surface area contributed by atoms with Crippen LogP contribution in [0.4, 0.5) is 19.2 Å². The zero-order valence-electron chi connectivity index (χ0n) is 12.5. The van der Waals surface area contributed by atoms with Gasteiger partial charge in [-0.25, -0.2) is 8.42 Å². The fourth-order valence-electron chi connectivity index (χ4n) is 1.86. The van der Waals surface area contributed by atoms with Crippen LogP contribution in [-0.2, 0) is 9.84 Å². The average molecular weight is 403 g/mol. The first-order chi connectivity index (χ1) is 12.2. The van der Waals surface area contributed by atoms with Gasteiger partial charge in [-0.3, -0.25) is 10.1 Å². The van der Waals surface area contributed by atoms with Crippen LogP contribution < -0.4 is 5.32 Å². The molecule has 0 spiro atoms. The summed E-state index contributed by atoms with van der Waals surface area (Å²) in [5.74, 6) is -0.552. The van der Waals surface area contributed by atoms with Gasteiger partial charge in [-0.15, -0.1) is 16.4 Å². The summed E-state index contributed by atoms with van der Waals surface area (Å²) in [6, 6.07) is 6.61. The highest BCUT2D eigenvalue weighted by molar-refractivity contribution is 7.92. The maximum absolute atomic E-state index is 12.5. The number of aromatic nitrogens is 2. The van der Waals surface area contributed by atoms with Crippen LogP contribution in [-0.4, -0.2) is 30.0 Å². The lowest BCUT2D eigenvalue weighted by Gasteiger charge is -2.08. The number of hydrogen-bond donors (Lipinski definition) is 1. The van der Waals surface area contributed by atoms with Gasteiger partial charge in [0.25, 0.3) is 21.6 Å². The second kappa shape index (κ2) is 6.53. The SMILES string of the molecule is O=C(Nc1nnc(-c2cccs2)o1)c1ccc(S(=O)(=O)C(F)(F)F)cc1. The van der Waals surface area contributed by atoms with Crippen LogP contribution in [0.3, 0.4) is 0 Å². The number of benzene rings is 1. The van der Waals surface area contributed by atoms with Crippen molar-refractivity contribution in [3.05, 3.63) is 47.3 Å². The second-order valence-electron chi connectivity index (χ2n) is 4.82. The van der Waals surface area contributed by atoms with Crippen molar-refractivity contribution >= 4 is 33.1 Å². The maximum Gasteiger partial charge on any atom is 0.501 e. The molecule has 0 aliphatic heterocycles. The first kappa shape index (κ1) is 18.1. The first-order valence-electron chi connectivity index (χ1n) is 6.78. The first-order valence-corrected chi connectivity index (χ1v) is 9.15. The predicted octanol–water partition coefficient (Wildman–Crippen LogP) is 3.34. The minimum Gasteiger partial charge on any atom is -0.402 e. The standard InChI is InChI=1S/C14H8F3N3O4S2/c15-14(16,17)26(22,23)9-5-3-8(4-6-9)11(21)18-13-20-19-12(24-13)10-2-1-7-25-10/h1-7H,(H,18,20,21). The quantitative estimate of drug-likeness (QED) is 0.717. The number of amides is 1. The van der Waals surface area contributed by atoms with Crippen LogP contribution in [0.2, 0.25) is 0 Å². The Bertz CT molecular complexity index is 1030. The van der Waals surface area contributed by atoms with Crippen molar-refractivity contribution in [3.63, 3.8) is 0 Å². The van der Waals surface area contributed by atoms with E-state index in [1.807, 2.05) is 0 Å². The zero-order valence-corrected chi connectivity index (χ0v) is 14.2. The number of anilines is 1. The van der Waals surface area contributed by atoms with Crippen LogP contribution >= 0.6 is 11.3 Å². The Morgan fingerprint density at radius 2 is 1.81 bits per heavy atom. The molecule has 0 atom stereocenters. The number of hydrogen-bond acceptors (Lipinski definition) is 7. The van der Waals surface area contributed by atoms with Gasteiger partial charge < -0.3 is 4.42 Å². The van der Waals surface area contributed by atoms with Crippen molar-refractivity contribution in [3.8, 4) is 10.8 Å². The van der Waals surface area contributed by atoms with Gasteiger partial charge in [0.2, 0.25) is 0 Å². The van der Waals surface area contributed by atoms with Crippen LogP contribution in [0.15, 0.2) is 51.1 Å². The van der Waals surface area contributed by atoms with Crippen molar-refractivity contribution < 1.29 is 30.8 Å². The number of alkyl halides is 3. The summed E-state index contributed by atoms with van der Waals surface area (Å²) < 4.78 is 65.3. The number of sulfone groups is 1. The number of rotatable bonds is 4. The molecule has 0 saturated carbocycles. The largest absolute Gasteiger partial charge is 0.501 e. The minimum atomic E-state index is -5.47. The third-order valence-electron chi connectivity index (χ3n) is 3.11. The molecule has 7 nitrogen and oxygen atoms in total. The molecular formula is C14H8F3N3O4S2. The van der Waals surface area contributed by atoms with E-state index in [2.05, 4.69) is 15.5 Å². The average Bonchev–Trinajstić information content (AvgIpc) is 3.25. The molecule has 0 aliphatic rings. The molecule has 1 aromatic carbocycles. The number of carbonyl (C=O) groups excluding carboxylic acids is 1. The maximum atomic E-state index is 12.5. The van der Waals surface area contributed by atoms with Gasteiger partial charge in [-0.2, -0.15) is 13.2 Å². The van der Waals surface area contributed by atoms with Crippen LogP contribution in [0.1, 0.15) is 10.4 Å². The molecular weight excluding hydrogens is 395 g/mol. The molecule has 0 bridgehead atoms. The molecule has 136 valence electrons. The van der Waals surface area contributed by atoms with E-state index in [0.717, 1.165) is 12.1 Å². The molecule has 0 saturated heterocycles. The summed E-state index contributed by atoms with van der Waals surface area (Å²) in [6.45, 7) is 0. The highest BCUT2D eigenvalue weighted by atomic mass is 32.2. The summed E-state index contributed by atoms with van der Waals surface area (Å²) in [6.07, 6.45) is 0. The smallest absolute Gasteiger partial charge is 0.402 e. The minimum absolute atomic E-state index is 0.0815. The van der Waals surface area contributed by atoms with Gasteiger partial charge in [0.1, 0.15) is 0 Å². The zero-order chi connectivity index (χ0) is 18.9. The molecule has 0 aliphatic carbocycles. The van der Waals surface area contributed by atoms with E-state index in [1.54, 1.807) is 17.5 Å². The summed E-state index contributed by atoms with van der Waals surface area (Å²) in [4.78, 5) is 11.8. The second-order valence-corrected chi connectivity index (χ2v) is 7.71. The number of carbonyl (C=O) groups is 1. The van der Waals surface area contributed by atoms with Crippen LogP contribution in [0.25, 0.3) is 10.8 Å². The highest BCUT2D eigenvalue weighted by Crippen LogP contribution is 2.30. The molecule has 3 rings (SSSR count). The molecule has 1 N–H and O–H groups in total. The molecule has 0 fully saturated rings. The van der Waals surface area contributed by atoms with Crippen molar-refractivity contribution in [2.24, 2.45) is 0 Å². The van der Waals surface area contributed by atoms with E-state index in [9.17, 15) is 26.4 Å². The summed E-state index contributed by atoms with van der Waals surface area (Å²) >= 11 is 1.35. The van der Waals surface area contributed by atoms with Crippen molar-refractivity contribution in [2.45, 2.75) is 10.4 Å². The lowest BCUT2D eigenvalue weighted by molar-refractivity contribution is -0.0436. The van der Waals surface area contributed by atoms with Crippen molar-refractivity contribution in [2.75, 3.05) is 5.32 Å². The Morgan fingerprint density at radius 1 is 1.12 bits per heavy atom. The summed E-state index contributed by atoms with van der Waals surface area (Å²) in [7, 11) is -5.47. The summed E-state index contributed by atoms with van der Waals surface area (Å²) in [5.41, 5.74) is -5.50. The fraction of sp³-hybridized carbons (Fsp3) is 0.0714. The van der Waals surface area contributed by atoms with E-state index < -0.39 is 26.1 Å². The van der Waals surface area contributed by atoms with E-state index in [4.69, 9.17) is 4.42 Å². The van der Waals surface area contributed by atoms with Gasteiger partial charge in [0, 0.05) is 5.56 Å². The Kier molecular flexibility index (Phi) is 4.54. The van der Waals surface area contributed by atoms with Gasteiger partial charge in [0.15, 0.2) is 0 Å². The number of nitrogens with zero attached hydrogens (tertiary/aromatic N) is 2. The fourth-order valence-corrected chi connectivity index (χ4v) is 3.27. The number of nitrogens with one attached hydrogen (secondary N) is 1. The van der Waals surface area contributed by atoms with Gasteiger partial charge in [-0.05, 0) is 35.7 Å². The van der Waals surface area contributed by atoms with Gasteiger partial charge in [0.05, 0.1) is 9.77 Å². The van der Waals surface area contributed by atoms with Crippen LogP contribution in [0.5, 0.6) is 0 Å². The molecule has 2 heterocycles. The Hall–Kier alpha value is -2.73. The Morgan fingerprint density at radius 3 is 2.38 bits per heavy atom. The Labute approximate surface area is 148 Å². The number of halogens is 3. The molecule has 0 unspecified atom stereocenters. The summed E-state index contributed by atoms with van der Waals surface area (Å²) in [5, 5.41) is 11.5. The molecule has 26 heavy (non-hydrogen) atoms. The monoisotopic (exact) mass is 403 g/mol. The number of thiophene rings is 1. The molecule has 0 radical (unpaired) electrons. The van der Waals surface area contributed by atoms with E-state index in [1.165, 1.54) is 11.3 Å². The lowest BCUT2D eigenvalue weighted by atomic mass is 10.2. The Balaban J connectivity index is 1.75. The molecule has 3 aromatic rings. The third kappa shape index (κ3) is 3.46. The van der Waals surface area contributed by atoms with E-state index >= 15 is 0 Å². The predicted molar refractivity (Wildman–Crippen MR) is 85.2 cm³/mol.